The Labute approximate surface area is 185 Å². The van der Waals surface area contributed by atoms with Gasteiger partial charge in [0.1, 0.15) is 5.54 Å². The molecule has 0 aromatic heterocycles. The van der Waals surface area contributed by atoms with Crippen molar-refractivity contribution >= 4 is 48.2 Å². The van der Waals surface area contributed by atoms with Gasteiger partial charge in [0.25, 0.3) is 5.91 Å². The standard InChI is InChI=1S/C20H30N4OS.2ClH/c1-15(2)14-24-19(25)20(3,23-11-9-21-10-12-23)13-18(22-24)16-5-7-17(26-4)8-6-16;;/h5-8,13,15,21-22H,9-12,14H2,1-4H3;2*1H. The minimum Gasteiger partial charge on any atom is -0.314 e. The van der Waals surface area contributed by atoms with Gasteiger partial charge in [-0.3, -0.25) is 20.1 Å². The minimum absolute atomic E-state index is 0. The van der Waals surface area contributed by atoms with Crippen LogP contribution in [-0.2, 0) is 4.79 Å². The van der Waals surface area contributed by atoms with E-state index < -0.39 is 5.54 Å². The molecule has 3 rings (SSSR count). The Hall–Kier alpha value is -0.920. The van der Waals surface area contributed by atoms with Crippen molar-refractivity contribution in [1.29, 1.82) is 0 Å². The second-order valence-electron chi connectivity index (χ2n) is 7.59. The second-order valence-corrected chi connectivity index (χ2v) is 8.47. The van der Waals surface area contributed by atoms with Crippen molar-refractivity contribution in [3.63, 3.8) is 0 Å². The highest BCUT2D eigenvalue weighted by Gasteiger charge is 2.44. The smallest absolute Gasteiger partial charge is 0.265 e. The van der Waals surface area contributed by atoms with Crippen LogP contribution in [0.2, 0.25) is 0 Å². The van der Waals surface area contributed by atoms with Crippen LogP contribution in [0.5, 0.6) is 0 Å². The van der Waals surface area contributed by atoms with E-state index in [4.69, 9.17) is 0 Å². The van der Waals surface area contributed by atoms with Crippen LogP contribution in [0.4, 0.5) is 0 Å². The van der Waals surface area contributed by atoms with E-state index in [9.17, 15) is 4.79 Å². The molecule has 0 spiro atoms. The van der Waals surface area contributed by atoms with Crippen molar-refractivity contribution in [3.05, 3.63) is 35.9 Å². The van der Waals surface area contributed by atoms with Gasteiger partial charge in [-0.05, 0) is 42.9 Å². The number of carbonyl (C=O) groups is 1. The number of rotatable bonds is 5. The van der Waals surface area contributed by atoms with E-state index in [0.717, 1.165) is 37.4 Å². The third-order valence-electron chi connectivity index (χ3n) is 5.08. The molecule has 0 saturated carbocycles. The highest BCUT2D eigenvalue weighted by molar-refractivity contribution is 7.98. The molecule has 5 nitrogen and oxygen atoms in total. The number of hydrazine groups is 1. The van der Waals surface area contributed by atoms with Crippen molar-refractivity contribution in [1.82, 2.24) is 20.7 Å². The molecule has 8 heteroatoms. The number of nitrogens with one attached hydrogen (secondary N) is 2. The first kappa shape index (κ1) is 25.1. The summed E-state index contributed by atoms with van der Waals surface area (Å²) >= 11 is 1.74. The molecule has 1 aromatic carbocycles. The number of hydrogen-bond donors (Lipinski definition) is 2. The molecule has 1 amide bonds. The van der Waals surface area contributed by atoms with Gasteiger partial charge in [0, 0.05) is 37.6 Å². The molecule has 2 N–H and O–H groups in total. The van der Waals surface area contributed by atoms with Gasteiger partial charge in [0.2, 0.25) is 0 Å². The maximum absolute atomic E-state index is 13.3. The van der Waals surface area contributed by atoms with Gasteiger partial charge in [-0.25, -0.2) is 0 Å². The lowest BCUT2D eigenvalue weighted by Crippen LogP contribution is -2.65. The monoisotopic (exact) mass is 446 g/mol. The molecule has 2 aliphatic heterocycles. The van der Waals surface area contributed by atoms with Crippen LogP contribution in [0.15, 0.2) is 35.2 Å². The summed E-state index contributed by atoms with van der Waals surface area (Å²) in [6.07, 6.45) is 4.20. The molecule has 1 saturated heterocycles. The molecule has 1 unspecified atom stereocenters. The molecule has 158 valence electrons. The van der Waals surface area contributed by atoms with Crippen LogP contribution in [-0.4, -0.2) is 60.3 Å². The van der Waals surface area contributed by atoms with Crippen molar-refractivity contribution in [2.75, 3.05) is 39.0 Å². The lowest BCUT2D eigenvalue weighted by atomic mass is 9.92. The Morgan fingerprint density at radius 2 is 1.75 bits per heavy atom. The van der Waals surface area contributed by atoms with Crippen molar-refractivity contribution in [2.45, 2.75) is 31.2 Å². The summed E-state index contributed by atoms with van der Waals surface area (Å²) in [7, 11) is 0. The SMILES string of the molecule is CSc1ccc(C2=CC(C)(N3CCNCC3)C(=O)N(CC(C)C)N2)cc1.Cl.Cl. The maximum atomic E-state index is 13.3. The van der Waals surface area contributed by atoms with Crippen LogP contribution in [0, 0.1) is 5.92 Å². The van der Waals surface area contributed by atoms with Crippen LogP contribution >= 0.6 is 36.6 Å². The summed E-state index contributed by atoms with van der Waals surface area (Å²) in [5.41, 5.74) is 4.89. The first-order valence-electron chi connectivity index (χ1n) is 9.35. The van der Waals surface area contributed by atoms with E-state index in [1.165, 1.54) is 4.90 Å². The third-order valence-corrected chi connectivity index (χ3v) is 5.83. The summed E-state index contributed by atoms with van der Waals surface area (Å²) in [6, 6.07) is 8.53. The first-order valence-corrected chi connectivity index (χ1v) is 10.6. The normalized spacial score (nSPS) is 22.8. The van der Waals surface area contributed by atoms with Gasteiger partial charge < -0.3 is 5.32 Å². The molecule has 1 aromatic rings. The summed E-state index contributed by atoms with van der Waals surface area (Å²) in [5, 5.41) is 5.19. The average molecular weight is 447 g/mol. The van der Waals surface area contributed by atoms with Crippen molar-refractivity contribution in [2.24, 2.45) is 5.92 Å². The van der Waals surface area contributed by atoms with Crippen LogP contribution < -0.4 is 10.7 Å². The number of nitrogens with zero attached hydrogens (tertiary/aromatic N) is 2. The molecular weight excluding hydrogens is 415 g/mol. The Morgan fingerprint density at radius 3 is 2.29 bits per heavy atom. The van der Waals surface area contributed by atoms with Crippen molar-refractivity contribution in [3.8, 4) is 0 Å². The average Bonchev–Trinajstić information content (AvgIpc) is 2.66. The zero-order chi connectivity index (χ0) is 18.7. The second kappa shape index (κ2) is 10.7. The van der Waals surface area contributed by atoms with E-state index in [1.807, 2.05) is 5.01 Å². The van der Waals surface area contributed by atoms with Crippen LogP contribution in [0.1, 0.15) is 26.3 Å². The molecule has 0 bridgehead atoms. The molecule has 1 atom stereocenters. The fourth-order valence-electron chi connectivity index (χ4n) is 3.61. The third kappa shape index (κ3) is 5.36. The van der Waals surface area contributed by atoms with E-state index >= 15 is 0 Å². The highest BCUT2D eigenvalue weighted by Crippen LogP contribution is 2.30. The quantitative estimate of drug-likeness (QED) is 0.679. The molecular formula is C20H32Cl2N4OS. The highest BCUT2D eigenvalue weighted by atomic mass is 35.5. The summed E-state index contributed by atoms with van der Waals surface area (Å²) < 4.78 is 0. The van der Waals surface area contributed by atoms with E-state index in [0.29, 0.717) is 12.5 Å². The number of benzene rings is 1. The molecule has 28 heavy (non-hydrogen) atoms. The molecule has 2 aliphatic rings. The summed E-state index contributed by atoms with van der Waals surface area (Å²) in [6.45, 7) is 10.6. The van der Waals surface area contributed by atoms with Gasteiger partial charge >= 0.3 is 0 Å². The predicted octanol–water partition coefficient (Wildman–Crippen LogP) is 3.26. The van der Waals surface area contributed by atoms with Gasteiger partial charge in [-0.1, -0.05) is 26.0 Å². The Kier molecular flexibility index (Phi) is 9.64. The largest absolute Gasteiger partial charge is 0.314 e. The van der Waals surface area contributed by atoms with Gasteiger partial charge in [-0.15, -0.1) is 36.6 Å². The number of piperazine rings is 1. The first-order chi connectivity index (χ1) is 12.4. The van der Waals surface area contributed by atoms with Gasteiger partial charge in [0.05, 0.1) is 5.70 Å². The lowest BCUT2D eigenvalue weighted by molar-refractivity contribution is -0.145. The lowest BCUT2D eigenvalue weighted by Gasteiger charge is -2.46. The topological polar surface area (TPSA) is 47.6 Å². The maximum Gasteiger partial charge on any atom is 0.265 e. The number of hydrogen-bond acceptors (Lipinski definition) is 5. The van der Waals surface area contributed by atoms with Gasteiger partial charge in [-0.2, -0.15) is 0 Å². The van der Waals surface area contributed by atoms with E-state index in [-0.39, 0.29) is 30.7 Å². The number of amides is 1. The molecule has 0 radical (unpaired) electrons. The Morgan fingerprint density at radius 1 is 1.14 bits per heavy atom. The minimum atomic E-state index is -0.615. The molecule has 1 fully saturated rings. The number of thioether (sulfide) groups is 1. The fraction of sp³-hybridized carbons (Fsp3) is 0.550. The van der Waals surface area contributed by atoms with Gasteiger partial charge in [0.15, 0.2) is 0 Å². The van der Waals surface area contributed by atoms with Crippen molar-refractivity contribution < 1.29 is 4.79 Å². The van der Waals surface area contributed by atoms with E-state index in [1.54, 1.807) is 11.8 Å². The summed E-state index contributed by atoms with van der Waals surface area (Å²) in [5.74, 6) is 0.537. The number of halogens is 2. The fourth-order valence-corrected chi connectivity index (χ4v) is 4.02. The van der Waals surface area contributed by atoms with E-state index in [2.05, 4.69) is 73.0 Å². The zero-order valence-electron chi connectivity index (χ0n) is 17.0. The summed E-state index contributed by atoms with van der Waals surface area (Å²) in [4.78, 5) is 16.9. The van der Waals surface area contributed by atoms with Crippen LogP contribution in [0.3, 0.4) is 0 Å². The van der Waals surface area contributed by atoms with Crippen LogP contribution in [0.25, 0.3) is 5.70 Å². The Balaban J connectivity index is 0.00000196. The molecule has 2 heterocycles. The Bertz CT molecular complexity index is 677. The molecule has 0 aliphatic carbocycles. The predicted molar refractivity (Wildman–Crippen MR) is 123 cm³/mol. The number of carbonyl (C=O) groups excluding carboxylic acids is 1. The zero-order valence-corrected chi connectivity index (χ0v) is 19.5.